The molecule has 2 heterocycles. The van der Waals surface area contributed by atoms with Crippen LogP contribution in [0.5, 0.6) is 0 Å². The molecule has 2 aromatic rings. The number of hydrogen-bond donors (Lipinski definition) is 1. The zero-order chi connectivity index (χ0) is 17.3. The zero-order valence-electron chi connectivity index (χ0n) is 14.2. The maximum atomic E-state index is 13.5. The van der Waals surface area contributed by atoms with E-state index in [1.165, 1.54) is 12.1 Å². The molecule has 1 amide bonds. The van der Waals surface area contributed by atoms with Gasteiger partial charge in [-0.25, -0.2) is 14.1 Å². The lowest BCUT2D eigenvalue weighted by Gasteiger charge is -2.33. The monoisotopic (exact) mass is 331 g/mol. The van der Waals surface area contributed by atoms with Crippen molar-refractivity contribution < 1.29 is 9.18 Å². The number of rotatable bonds is 3. The van der Waals surface area contributed by atoms with E-state index >= 15 is 0 Å². The van der Waals surface area contributed by atoms with Crippen molar-refractivity contribution in [3.8, 4) is 5.69 Å². The smallest absolute Gasteiger partial charge is 0.293 e. The molecule has 128 valence electrons. The third-order valence-corrected chi connectivity index (χ3v) is 4.15. The second kappa shape index (κ2) is 6.68. The fourth-order valence-corrected chi connectivity index (χ4v) is 2.86. The fourth-order valence-electron chi connectivity index (χ4n) is 2.86. The highest BCUT2D eigenvalue weighted by atomic mass is 19.1. The third kappa shape index (κ3) is 3.17. The van der Waals surface area contributed by atoms with Crippen LogP contribution < -0.4 is 5.32 Å². The topological polar surface area (TPSA) is 63.1 Å². The van der Waals surface area contributed by atoms with Crippen molar-refractivity contribution in [3.63, 3.8) is 0 Å². The average Bonchev–Trinajstić information content (AvgIpc) is 3.00. The van der Waals surface area contributed by atoms with Crippen LogP contribution >= 0.6 is 0 Å². The Bertz CT molecular complexity index is 742. The molecule has 1 fully saturated rings. The first-order valence-corrected chi connectivity index (χ1v) is 8.22. The van der Waals surface area contributed by atoms with Gasteiger partial charge in [-0.3, -0.25) is 4.79 Å². The molecule has 0 spiro atoms. The van der Waals surface area contributed by atoms with E-state index < -0.39 is 0 Å². The summed E-state index contributed by atoms with van der Waals surface area (Å²) in [5.41, 5.74) is 0.568. The maximum absolute atomic E-state index is 13.5. The average molecular weight is 331 g/mol. The second-order valence-corrected chi connectivity index (χ2v) is 6.39. The Morgan fingerprint density at radius 1 is 1.42 bits per heavy atom. The van der Waals surface area contributed by atoms with Gasteiger partial charge in [0.25, 0.3) is 5.91 Å². The van der Waals surface area contributed by atoms with Gasteiger partial charge in [-0.1, -0.05) is 19.9 Å². The molecule has 0 radical (unpaired) electrons. The van der Waals surface area contributed by atoms with Gasteiger partial charge in [0.1, 0.15) is 11.6 Å². The molecule has 1 N–H and O–H groups in total. The fraction of sp³-hybridized carbons (Fsp3) is 0.471. The van der Waals surface area contributed by atoms with Gasteiger partial charge in [-0.05, 0) is 25.1 Å². The van der Waals surface area contributed by atoms with Crippen molar-refractivity contribution in [2.24, 2.45) is 0 Å². The van der Waals surface area contributed by atoms with Gasteiger partial charge in [0.2, 0.25) is 5.82 Å². The van der Waals surface area contributed by atoms with Crippen LogP contribution in [0.1, 0.15) is 43.1 Å². The van der Waals surface area contributed by atoms with Crippen molar-refractivity contribution in [2.75, 3.05) is 19.6 Å². The summed E-state index contributed by atoms with van der Waals surface area (Å²) in [5.74, 6) is 0.341. The molecule has 7 heteroatoms. The van der Waals surface area contributed by atoms with E-state index in [-0.39, 0.29) is 29.5 Å². The molecule has 1 aromatic carbocycles. The maximum Gasteiger partial charge on any atom is 0.293 e. The Kier molecular flexibility index (Phi) is 4.62. The number of halogens is 1. The van der Waals surface area contributed by atoms with E-state index in [4.69, 9.17) is 0 Å². The predicted octanol–water partition coefficient (Wildman–Crippen LogP) is 1.96. The molecule has 3 rings (SSSR count). The van der Waals surface area contributed by atoms with Crippen LogP contribution in [0.25, 0.3) is 5.69 Å². The number of nitrogens with one attached hydrogen (secondary N) is 1. The number of nitrogens with zero attached hydrogens (tertiary/aromatic N) is 4. The number of piperazine rings is 1. The molecule has 1 atom stereocenters. The third-order valence-electron chi connectivity index (χ3n) is 4.15. The van der Waals surface area contributed by atoms with Gasteiger partial charge in [0, 0.05) is 31.6 Å². The molecule has 0 saturated carbocycles. The van der Waals surface area contributed by atoms with Crippen LogP contribution in [0, 0.1) is 5.82 Å². The van der Waals surface area contributed by atoms with E-state index in [9.17, 15) is 9.18 Å². The molecule has 1 saturated heterocycles. The van der Waals surface area contributed by atoms with Crippen molar-refractivity contribution >= 4 is 5.91 Å². The molecule has 0 bridgehead atoms. The van der Waals surface area contributed by atoms with E-state index in [1.54, 1.807) is 21.7 Å². The molecular weight excluding hydrogens is 309 g/mol. The predicted molar refractivity (Wildman–Crippen MR) is 88.8 cm³/mol. The lowest BCUT2D eigenvalue weighted by atomic mass is 10.2. The summed E-state index contributed by atoms with van der Waals surface area (Å²) in [6.45, 7) is 8.09. The van der Waals surface area contributed by atoms with Crippen LogP contribution in [-0.4, -0.2) is 51.2 Å². The number of carbonyl (C=O) groups is 1. The quantitative estimate of drug-likeness (QED) is 0.934. The van der Waals surface area contributed by atoms with Gasteiger partial charge < -0.3 is 10.2 Å². The summed E-state index contributed by atoms with van der Waals surface area (Å²) >= 11 is 0. The molecule has 1 aromatic heterocycles. The van der Waals surface area contributed by atoms with E-state index in [2.05, 4.69) is 15.4 Å². The molecule has 1 aliphatic heterocycles. The number of carbonyl (C=O) groups excluding carboxylic acids is 1. The molecule has 6 nitrogen and oxygen atoms in total. The number of amides is 1. The van der Waals surface area contributed by atoms with Crippen molar-refractivity contribution in [2.45, 2.75) is 32.7 Å². The summed E-state index contributed by atoms with van der Waals surface area (Å²) in [4.78, 5) is 19.0. The number of hydrogen-bond acceptors (Lipinski definition) is 4. The summed E-state index contributed by atoms with van der Waals surface area (Å²) in [5, 5.41) is 7.64. The summed E-state index contributed by atoms with van der Waals surface area (Å²) in [7, 11) is 0. The largest absolute Gasteiger partial charge is 0.331 e. The van der Waals surface area contributed by atoms with Crippen molar-refractivity contribution in [1.82, 2.24) is 25.0 Å². The van der Waals surface area contributed by atoms with E-state index in [0.29, 0.717) is 18.1 Å². The van der Waals surface area contributed by atoms with E-state index in [0.717, 1.165) is 13.1 Å². The zero-order valence-corrected chi connectivity index (χ0v) is 14.2. The van der Waals surface area contributed by atoms with Crippen LogP contribution in [0.15, 0.2) is 24.3 Å². The first-order chi connectivity index (χ1) is 11.5. The minimum absolute atomic E-state index is 0.0581. The van der Waals surface area contributed by atoms with Crippen LogP contribution in [0.4, 0.5) is 4.39 Å². The lowest BCUT2D eigenvalue weighted by molar-refractivity contribution is 0.0643. The van der Waals surface area contributed by atoms with Gasteiger partial charge in [-0.15, -0.1) is 5.10 Å². The highest BCUT2D eigenvalue weighted by Gasteiger charge is 2.28. The minimum atomic E-state index is -0.346. The van der Waals surface area contributed by atoms with Crippen LogP contribution in [-0.2, 0) is 0 Å². The normalized spacial score (nSPS) is 18.2. The summed E-state index contributed by atoms with van der Waals surface area (Å²) < 4.78 is 15.1. The molecule has 1 unspecified atom stereocenters. The Hall–Kier alpha value is -2.28. The number of benzene rings is 1. The summed E-state index contributed by atoms with van der Waals surface area (Å²) in [6, 6.07) is 6.24. The molecular formula is C17H22FN5O. The SMILES string of the molecule is CC(C)c1nc(C(=O)N2CCNCC2C)nn1-c1cccc(F)c1. The minimum Gasteiger partial charge on any atom is -0.331 e. The standard InChI is InChI=1S/C17H22FN5O/c1-11(2)16-20-15(17(24)22-8-7-19-10-12(22)3)21-23(16)14-6-4-5-13(18)9-14/h4-6,9,11-12,19H,7-8,10H2,1-3H3. The highest BCUT2D eigenvalue weighted by molar-refractivity contribution is 5.90. The highest BCUT2D eigenvalue weighted by Crippen LogP contribution is 2.19. The van der Waals surface area contributed by atoms with Gasteiger partial charge in [-0.2, -0.15) is 0 Å². The van der Waals surface area contributed by atoms with Gasteiger partial charge >= 0.3 is 0 Å². The second-order valence-electron chi connectivity index (χ2n) is 6.39. The van der Waals surface area contributed by atoms with Crippen LogP contribution in [0.2, 0.25) is 0 Å². The van der Waals surface area contributed by atoms with Gasteiger partial charge in [0.15, 0.2) is 0 Å². The first kappa shape index (κ1) is 16.6. The van der Waals surface area contributed by atoms with Crippen LogP contribution in [0.3, 0.4) is 0 Å². The van der Waals surface area contributed by atoms with E-state index in [1.807, 2.05) is 20.8 Å². The van der Waals surface area contributed by atoms with Crippen molar-refractivity contribution in [3.05, 3.63) is 41.7 Å². The lowest BCUT2D eigenvalue weighted by Crippen LogP contribution is -2.52. The Morgan fingerprint density at radius 3 is 2.88 bits per heavy atom. The molecule has 24 heavy (non-hydrogen) atoms. The summed E-state index contributed by atoms with van der Waals surface area (Å²) in [6.07, 6.45) is 0. The first-order valence-electron chi connectivity index (χ1n) is 8.22. The van der Waals surface area contributed by atoms with Crippen molar-refractivity contribution in [1.29, 1.82) is 0 Å². The Morgan fingerprint density at radius 2 is 2.21 bits per heavy atom. The molecule has 1 aliphatic rings. The number of aromatic nitrogens is 3. The molecule has 0 aliphatic carbocycles. The van der Waals surface area contributed by atoms with Gasteiger partial charge in [0.05, 0.1) is 5.69 Å². The Balaban J connectivity index is 1.98. The Labute approximate surface area is 140 Å².